The molecule has 0 saturated carbocycles. The molecule has 26 heavy (non-hydrogen) atoms. The lowest BCUT2D eigenvalue weighted by atomic mass is 10.2. The van der Waals surface area contributed by atoms with Crippen molar-refractivity contribution in [1.82, 2.24) is 4.90 Å². The number of anilines is 1. The number of halogens is 2. The molecule has 1 atom stereocenters. The Labute approximate surface area is 157 Å². The number of nitrogens with one attached hydrogen (secondary N) is 1. The Morgan fingerprint density at radius 2 is 2.04 bits per heavy atom. The average Bonchev–Trinajstić information content (AvgIpc) is 3.26. The third-order valence-electron chi connectivity index (χ3n) is 3.99. The quantitative estimate of drug-likeness (QED) is 0.624. The van der Waals surface area contributed by atoms with Gasteiger partial charge in [0.25, 0.3) is 5.91 Å². The molecule has 1 saturated heterocycles. The molecule has 0 bridgehead atoms. The topological polar surface area (TPSA) is 106 Å². The minimum absolute atomic E-state index is 0.183. The summed E-state index contributed by atoms with van der Waals surface area (Å²) in [5.41, 5.74) is 0.345. The van der Waals surface area contributed by atoms with Gasteiger partial charge in [-0.2, -0.15) is 0 Å². The van der Waals surface area contributed by atoms with Gasteiger partial charge in [0.1, 0.15) is 11.0 Å². The molecule has 0 radical (unpaired) electrons. The molecule has 2 heterocycles. The van der Waals surface area contributed by atoms with Crippen LogP contribution in [0.4, 0.5) is 11.6 Å². The van der Waals surface area contributed by atoms with Gasteiger partial charge in [-0.3, -0.25) is 19.7 Å². The van der Waals surface area contributed by atoms with E-state index in [-0.39, 0.29) is 5.76 Å². The monoisotopic (exact) mass is 397 g/mol. The molecule has 1 fully saturated rings. The predicted octanol–water partition coefficient (Wildman–Crippen LogP) is 3.74. The molecule has 1 aromatic heterocycles. The highest BCUT2D eigenvalue weighted by atomic mass is 35.5. The number of furan rings is 1. The van der Waals surface area contributed by atoms with E-state index in [2.05, 4.69) is 5.32 Å². The highest BCUT2D eigenvalue weighted by Crippen LogP contribution is 2.28. The lowest BCUT2D eigenvalue weighted by Gasteiger charge is -2.23. The Morgan fingerprint density at radius 3 is 2.73 bits per heavy atom. The van der Waals surface area contributed by atoms with Gasteiger partial charge in [0.2, 0.25) is 5.91 Å². The summed E-state index contributed by atoms with van der Waals surface area (Å²) in [7, 11) is 0. The zero-order valence-electron chi connectivity index (χ0n) is 13.3. The van der Waals surface area contributed by atoms with Crippen molar-refractivity contribution in [3.63, 3.8) is 0 Å². The molecule has 0 aliphatic carbocycles. The molecule has 1 aromatic carbocycles. The van der Waals surface area contributed by atoms with Crippen LogP contribution in [0.2, 0.25) is 10.0 Å². The molecule has 1 N–H and O–H groups in total. The van der Waals surface area contributed by atoms with Crippen LogP contribution in [0.3, 0.4) is 0 Å². The summed E-state index contributed by atoms with van der Waals surface area (Å²) in [6, 6.07) is 6.25. The summed E-state index contributed by atoms with van der Waals surface area (Å²) in [5, 5.41) is 14.1. The van der Waals surface area contributed by atoms with Crippen molar-refractivity contribution in [2.75, 3.05) is 11.9 Å². The molecule has 1 unspecified atom stereocenters. The molecule has 136 valence electrons. The van der Waals surface area contributed by atoms with E-state index in [9.17, 15) is 19.7 Å². The van der Waals surface area contributed by atoms with Crippen molar-refractivity contribution in [2.24, 2.45) is 0 Å². The summed E-state index contributed by atoms with van der Waals surface area (Å²) < 4.78 is 4.94. The maximum absolute atomic E-state index is 12.6. The standard InChI is InChI=1S/C16H13Cl2N3O5/c17-9-3-4-10(18)11(8-9)19-15(22)12-2-1-7-20(12)16(23)13-5-6-14(26-13)21(24)25/h3-6,8,12H,1-2,7H2,(H,19,22). The molecule has 2 amide bonds. The predicted molar refractivity (Wildman–Crippen MR) is 94.5 cm³/mol. The second-order valence-electron chi connectivity index (χ2n) is 5.66. The molecule has 2 aromatic rings. The second-order valence-corrected chi connectivity index (χ2v) is 6.51. The van der Waals surface area contributed by atoms with Gasteiger partial charge in [-0.1, -0.05) is 23.2 Å². The number of rotatable bonds is 4. The zero-order chi connectivity index (χ0) is 18.8. The number of hydrogen-bond acceptors (Lipinski definition) is 5. The summed E-state index contributed by atoms with van der Waals surface area (Å²) in [4.78, 5) is 36.4. The van der Waals surface area contributed by atoms with Crippen molar-refractivity contribution >= 4 is 46.6 Å². The van der Waals surface area contributed by atoms with Crippen LogP contribution in [0.1, 0.15) is 23.4 Å². The van der Waals surface area contributed by atoms with Gasteiger partial charge in [0.05, 0.1) is 16.8 Å². The third-order valence-corrected chi connectivity index (χ3v) is 4.55. The number of nitro groups is 1. The van der Waals surface area contributed by atoms with Crippen LogP contribution in [0, 0.1) is 10.1 Å². The fourth-order valence-electron chi connectivity index (χ4n) is 2.77. The molecule has 8 nitrogen and oxygen atoms in total. The number of carbonyl (C=O) groups is 2. The maximum Gasteiger partial charge on any atom is 0.433 e. The van der Waals surface area contributed by atoms with Gasteiger partial charge in [-0.05, 0) is 37.1 Å². The summed E-state index contributed by atoms with van der Waals surface area (Å²) in [6.45, 7) is 0.342. The largest absolute Gasteiger partial charge is 0.433 e. The first-order chi connectivity index (χ1) is 12.4. The molecule has 10 heteroatoms. The Hall–Kier alpha value is -2.58. The molecule has 3 rings (SSSR count). The molecule has 1 aliphatic rings. The number of nitrogens with zero attached hydrogens (tertiary/aromatic N) is 2. The zero-order valence-corrected chi connectivity index (χ0v) is 14.8. The minimum Gasteiger partial charge on any atom is -0.395 e. The van der Waals surface area contributed by atoms with E-state index in [0.717, 1.165) is 6.07 Å². The second kappa shape index (κ2) is 7.35. The van der Waals surface area contributed by atoms with Crippen LogP contribution in [0.15, 0.2) is 34.7 Å². The Bertz CT molecular complexity index is 883. The Balaban J connectivity index is 1.76. The normalized spacial score (nSPS) is 16.5. The van der Waals surface area contributed by atoms with Gasteiger partial charge in [-0.15, -0.1) is 0 Å². The smallest absolute Gasteiger partial charge is 0.395 e. The first-order valence-corrected chi connectivity index (χ1v) is 8.43. The van der Waals surface area contributed by atoms with Gasteiger partial charge in [-0.25, -0.2) is 0 Å². The molecule has 1 aliphatic heterocycles. The fraction of sp³-hybridized carbons (Fsp3) is 0.250. The SMILES string of the molecule is O=C(Nc1cc(Cl)ccc1Cl)C1CCCN1C(=O)c1ccc([N+](=O)[O-])o1. The van der Waals surface area contributed by atoms with Crippen LogP contribution >= 0.6 is 23.2 Å². The fourth-order valence-corrected chi connectivity index (χ4v) is 3.11. The number of benzene rings is 1. The van der Waals surface area contributed by atoms with E-state index in [1.165, 1.54) is 17.0 Å². The van der Waals surface area contributed by atoms with Crippen molar-refractivity contribution < 1.29 is 18.9 Å². The first kappa shape index (κ1) is 18.2. The maximum atomic E-state index is 12.6. The highest BCUT2D eigenvalue weighted by Gasteiger charge is 2.36. The summed E-state index contributed by atoms with van der Waals surface area (Å²) >= 11 is 11.9. The number of carbonyl (C=O) groups excluding carboxylic acids is 2. The van der Waals surface area contributed by atoms with Crippen LogP contribution in [-0.4, -0.2) is 34.2 Å². The number of hydrogen-bond donors (Lipinski definition) is 1. The minimum atomic E-state index is -0.735. The molecule has 0 spiro atoms. The van der Waals surface area contributed by atoms with Gasteiger partial charge in [0, 0.05) is 11.6 Å². The Morgan fingerprint density at radius 1 is 1.27 bits per heavy atom. The van der Waals surface area contributed by atoms with Crippen molar-refractivity contribution in [3.8, 4) is 0 Å². The van der Waals surface area contributed by atoms with E-state index in [0.29, 0.717) is 35.1 Å². The lowest BCUT2D eigenvalue weighted by Crippen LogP contribution is -2.43. The van der Waals surface area contributed by atoms with Crippen molar-refractivity contribution in [1.29, 1.82) is 0 Å². The van der Waals surface area contributed by atoms with E-state index in [1.54, 1.807) is 12.1 Å². The number of likely N-dealkylation sites (tertiary alicyclic amines) is 1. The summed E-state index contributed by atoms with van der Waals surface area (Å²) in [5.74, 6) is -1.70. The Kier molecular flexibility index (Phi) is 5.15. The highest BCUT2D eigenvalue weighted by molar-refractivity contribution is 6.35. The van der Waals surface area contributed by atoms with Gasteiger partial charge in [0.15, 0.2) is 5.76 Å². The van der Waals surface area contributed by atoms with Crippen molar-refractivity contribution in [3.05, 3.63) is 56.3 Å². The first-order valence-electron chi connectivity index (χ1n) is 7.68. The van der Waals surface area contributed by atoms with E-state index >= 15 is 0 Å². The van der Waals surface area contributed by atoms with E-state index in [1.807, 2.05) is 0 Å². The van der Waals surface area contributed by atoms with E-state index in [4.69, 9.17) is 27.6 Å². The lowest BCUT2D eigenvalue weighted by molar-refractivity contribution is -0.402. The van der Waals surface area contributed by atoms with Gasteiger partial charge >= 0.3 is 5.88 Å². The number of amides is 2. The third kappa shape index (κ3) is 3.66. The van der Waals surface area contributed by atoms with Crippen LogP contribution in [-0.2, 0) is 4.79 Å². The van der Waals surface area contributed by atoms with Crippen LogP contribution in [0.5, 0.6) is 0 Å². The molecular weight excluding hydrogens is 385 g/mol. The van der Waals surface area contributed by atoms with Gasteiger partial charge < -0.3 is 14.6 Å². The van der Waals surface area contributed by atoms with Crippen LogP contribution < -0.4 is 5.32 Å². The van der Waals surface area contributed by atoms with Crippen LogP contribution in [0.25, 0.3) is 0 Å². The van der Waals surface area contributed by atoms with E-state index < -0.39 is 28.7 Å². The molecular formula is C16H13Cl2N3O5. The average molecular weight is 398 g/mol. The summed E-state index contributed by atoms with van der Waals surface area (Å²) in [6.07, 6.45) is 1.08. The van der Waals surface area contributed by atoms with Crippen molar-refractivity contribution in [2.45, 2.75) is 18.9 Å².